The van der Waals surface area contributed by atoms with E-state index < -0.39 is 9.84 Å². The Morgan fingerprint density at radius 3 is 2.62 bits per heavy atom. The standard InChI is InChI=1S/C11H22N2O2S/c14-16(15)9-4-11(10-16)12-5-3-8-13-6-1-2-7-13/h11-12H,1-10H2. The van der Waals surface area contributed by atoms with Crippen LogP contribution in [0.3, 0.4) is 0 Å². The molecule has 2 aliphatic rings. The van der Waals surface area contributed by atoms with Gasteiger partial charge < -0.3 is 10.2 Å². The number of likely N-dealkylation sites (tertiary alicyclic amines) is 1. The van der Waals surface area contributed by atoms with Crippen LogP contribution in [0.2, 0.25) is 0 Å². The summed E-state index contributed by atoms with van der Waals surface area (Å²) in [5.74, 6) is 0.716. The molecule has 4 nitrogen and oxygen atoms in total. The minimum Gasteiger partial charge on any atom is -0.313 e. The van der Waals surface area contributed by atoms with Gasteiger partial charge in [0.15, 0.2) is 9.84 Å². The molecule has 0 aromatic rings. The fraction of sp³-hybridized carbons (Fsp3) is 1.00. The Morgan fingerprint density at radius 2 is 2.00 bits per heavy atom. The number of nitrogens with zero attached hydrogens (tertiary/aromatic N) is 1. The molecule has 0 aliphatic carbocycles. The molecule has 2 aliphatic heterocycles. The molecule has 0 radical (unpaired) electrons. The Hall–Kier alpha value is -0.130. The first kappa shape index (κ1) is 12.3. The van der Waals surface area contributed by atoms with E-state index >= 15 is 0 Å². The van der Waals surface area contributed by atoms with Gasteiger partial charge in [-0.3, -0.25) is 0 Å². The highest BCUT2D eigenvalue weighted by Crippen LogP contribution is 2.11. The van der Waals surface area contributed by atoms with Gasteiger partial charge in [-0.05, 0) is 51.9 Å². The average Bonchev–Trinajstić information content (AvgIpc) is 2.82. The molecule has 2 saturated heterocycles. The summed E-state index contributed by atoms with van der Waals surface area (Å²) in [4.78, 5) is 2.49. The van der Waals surface area contributed by atoms with E-state index in [-0.39, 0.29) is 6.04 Å². The first-order valence-corrected chi connectivity index (χ1v) is 8.14. The molecule has 0 spiro atoms. The molecule has 16 heavy (non-hydrogen) atoms. The third kappa shape index (κ3) is 3.71. The maximum absolute atomic E-state index is 11.2. The second kappa shape index (κ2) is 5.47. The maximum atomic E-state index is 11.2. The predicted molar refractivity (Wildman–Crippen MR) is 65.4 cm³/mol. The van der Waals surface area contributed by atoms with E-state index in [4.69, 9.17) is 0 Å². The van der Waals surface area contributed by atoms with E-state index in [2.05, 4.69) is 10.2 Å². The Morgan fingerprint density at radius 1 is 1.25 bits per heavy atom. The summed E-state index contributed by atoms with van der Waals surface area (Å²) in [7, 11) is -2.72. The van der Waals surface area contributed by atoms with Crippen LogP contribution in [0.1, 0.15) is 25.7 Å². The normalized spacial score (nSPS) is 29.9. The van der Waals surface area contributed by atoms with Crippen molar-refractivity contribution in [3.05, 3.63) is 0 Å². The topological polar surface area (TPSA) is 49.4 Å². The van der Waals surface area contributed by atoms with Crippen molar-refractivity contribution in [2.45, 2.75) is 31.7 Å². The summed E-state index contributed by atoms with van der Waals surface area (Å²) in [6.45, 7) is 4.61. The first-order valence-electron chi connectivity index (χ1n) is 6.32. The van der Waals surface area contributed by atoms with Crippen molar-refractivity contribution >= 4 is 9.84 Å². The number of rotatable bonds is 5. The molecule has 0 aromatic heterocycles. The lowest BCUT2D eigenvalue weighted by molar-refractivity contribution is 0.328. The number of nitrogens with one attached hydrogen (secondary N) is 1. The molecule has 0 bridgehead atoms. The zero-order valence-corrected chi connectivity index (χ0v) is 10.6. The Bertz CT molecular complexity index is 310. The molecule has 1 N–H and O–H groups in total. The Balaban J connectivity index is 1.55. The molecule has 1 unspecified atom stereocenters. The number of hydrogen-bond acceptors (Lipinski definition) is 4. The lowest BCUT2D eigenvalue weighted by Crippen LogP contribution is -2.32. The van der Waals surface area contributed by atoms with Gasteiger partial charge in [-0.25, -0.2) is 8.42 Å². The highest BCUT2D eigenvalue weighted by molar-refractivity contribution is 7.91. The zero-order chi connectivity index (χ0) is 11.4. The van der Waals surface area contributed by atoms with Crippen molar-refractivity contribution in [1.29, 1.82) is 0 Å². The third-order valence-electron chi connectivity index (χ3n) is 3.52. The van der Waals surface area contributed by atoms with Crippen LogP contribution in [0.4, 0.5) is 0 Å². The molecular formula is C11H22N2O2S. The smallest absolute Gasteiger partial charge is 0.151 e. The second-order valence-corrected chi connectivity index (χ2v) is 7.19. The molecule has 1 atom stereocenters. The molecule has 94 valence electrons. The van der Waals surface area contributed by atoms with E-state index in [1.807, 2.05) is 0 Å². The van der Waals surface area contributed by atoms with Gasteiger partial charge in [-0.15, -0.1) is 0 Å². The lowest BCUT2D eigenvalue weighted by atomic mass is 10.2. The van der Waals surface area contributed by atoms with E-state index in [9.17, 15) is 8.42 Å². The summed E-state index contributed by atoms with van der Waals surface area (Å²) in [5, 5.41) is 3.36. The van der Waals surface area contributed by atoms with Gasteiger partial charge in [-0.1, -0.05) is 0 Å². The highest BCUT2D eigenvalue weighted by Gasteiger charge is 2.27. The minimum atomic E-state index is -2.72. The molecule has 2 rings (SSSR count). The van der Waals surface area contributed by atoms with Crippen molar-refractivity contribution in [3.8, 4) is 0 Å². The molecule has 2 heterocycles. The van der Waals surface area contributed by atoms with Crippen LogP contribution in [0.5, 0.6) is 0 Å². The van der Waals surface area contributed by atoms with Gasteiger partial charge in [0.05, 0.1) is 11.5 Å². The average molecular weight is 246 g/mol. The largest absolute Gasteiger partial charge is 0.313 e. The molecular weight excluding hydrogens is 224 g/mol. The highest BCUT2D eigenvalue weighted by atomic mass is 32.2. The summed E-state index contributed by atoms with van der Waals surface area (Å²) < 4.78 is 22.5. The van der Waals surface area contributed by atoms with Crippen LogP contribution >= 0.6 is 0 Å². The van der Waals surface area contributed by atoms with Crippen molar-refractivity contribution in [3.63, 3.8) is 0 Å². The molecule has 0 aromatic carbocycles. The fourth-order valence-electron chi connectivity index (χ4n) is 2.57. The van der Waals surface area contributed by atoms with Crippen molar-refractivity contribution in [2.75, 3.05) is 37.7 Å². The number of hydrogen-bond donors (Lipinski definition) is 1. The zero-order valence-electron chi connectivity index (χ0n) is 9.82. The van der Waals surface area contributed by atoms with Crippen LogP contribution in [-0.2, 0) is 9.84 Å². The van der Waals surface area contributed by atoms with Crippen LogP contribution in [-0.4, -0.2) is 57.0 Å². The van der Waals surface area contributed by atoms with Gasteiger partial charge >= 0.3 is 0 Å². The van der Waals surface area contributed by atoms with Crippen LogP contribution in [0.25, 0.3) is 0 Å². The summed E-state index contributed by atoms with van der Waals surface area (Å²) >= 11 is 0. The van der Waals surface area contributed by atoms with E-state index in [0.717, 1.165) is 25.9 Å². The summed E-state index contributed by atoms with van der Waals surface area (Å²) in [6.07, 6.45) is 4.62. The van der Waals surface area contributed by atoms with E-state index in [1.54, 1.807) is 0 Å². The van der Waals surface area contributed by atoms with Crippen molar-refractivity contribution < 1.29 is 8.42 Å². The SMILES string of the molecule is O=S1(=O)CCC(NCCCN2CCCC2)C1. The van der Waals surface area contributed by atoms with Crippen molar-refractivity contribution in [1.82, 2.24) is 10.2 Å². The van der Waals surface area contributed by atoms with Gasteiger partial charge in [0, 0.05) is 6.04 Å². The van der Waals surface area contributed by atoms with Crippen LogP contribution in [0.15, 0.2) is 0 Å². The fourth-order valence-corrected chi connectivity index (χ4v) is 4.28. The molecule has 5 heteroatoms. The minimum absolute atomic E-state index is 0.212. The van der Waals surface area contributed by atoms with E-state index in [0.29, 0.717) is 11.5 Å². The Labute approximate surface area is 98.3 Å². The quantitative estimate of drug-likeness (QED) is 0.707. The van der Waals surface area contributed by atoms with E-state index in [1.165, 1.54) is 25.9 Å². The first-order chi connectivity index (χ1) is 7.66. The summed E-state index contributed by atoms with van der Waals surface area (Å²) in [6, 6.07) is 0.212. The van der Waals surface area contributed by atoms with Crippen molar-refractivity contribution in [2.24, 2.45) is 0 Å². The lowest BCUT2D eigenvalue weighted by Gasteiger charge is -2.15. The molecule has 0 saturated carbocycles. The van der Waals surface area contributed by atoms with Gasteiger partial charge in [0.2, 0.25) is 0 Å². The van der Waals surface area contributed by atoms with Gasteiger partial charge in [-0.2, -0.15) is 0 Å². The van der Waals surface area contributed by atoms with Gasteiger partial charge in [0.25, 0.3) is 0 Å². The molecule has 2 fully saturated rings. The van der Waals surface area contributed by atoms with Crippen LogP contribution in [0, 0.1) is 0 Å². The second-order valence-electron chi connectivity index (χ2n) is 4.96. The number of sulfone groups is 1. The molecule has 0 amide bonds. The van der Waals surface area contributed by atoms with Gasteiger partial charge in [0.1, 0.15) is 0 Å². The third-order valence-corrected chi connectivity index (χ3v) is 5.28. The maximum Gasteiger partial charge on any atom is 0.151 e. The van der Waals surface area contributed by atoms with Crippen LogP contribution < -0.4 is 5.32 Å². The monoisotopic (exact) mass is 246 g/mol. The summed E-state index contributed by atoms with van der Waals surface area (Å²) in [5.41, 5.74) is 0. The predicted octanol–water partition coefficient (Wildman–Crippen LogP) is 0.249. The Kier molecular flexibility index (Phi) is 4.21.